The van der Waals surface area contributed by atoms with Crippen molar-refractivity contribution in [2.75, 3.05) is 11.9 Å². The van der Waals surface area contributed by atoms with Crippen LogP contribution in [0.4, 0.5) is 10.5 Å². The van der Waals surface area contributed by atoms with E-state index < -0.39 is 0 Å². The zero-order chi connectivity index (χ0) is 14.5. The number of nitrogens with one attached hydrogen (secondary N) is 1. The lowest BCUT2D eigenvalue weighted by atomic mass is 10.0. The fourth-order valence-electron chi connectivity index (χ4n) is 2.30. The maximum atomic E-state index is 12.3. The molecule has 0 aliphatic carbocycles. The monoisotopic (exact) mass is 296 g/mol. The van der Waals surface area contributed by atoms with Crippen molar-refractivity contribution in [3.63, 3.8) is 0 Å². The van der Waals surface area contributed by atoms with Crippen LogP contribution < -0.4 is 11.1 Å². The molecule has 20 heavy (non-hydrogen) atoms. The van der Waals surface area contributed by atoms with E-state index in [1.165, 1.54) is 0 Å². The minimum Gasteiger partial charge on any atom is -0.409 e. The summed E-state index contributed by atoms with van der Waals surface area (Å²) in [6.07, 6.45) is 2.52. The van der Waals surface area contributed by atoms with Gasteiger partial charge in [-0.1, -0.05) is 28.9 Å². The number of nitrogens with zero attached hydrogens (tertiary/aromatic N) is 2. The maximum Gasteiger partial charge on any atom is 0.322 e. The first-order valence-corrected chi connectivity index (χ1v) is 6.81. The molecule has 108 valence electrons. The first kappa shape index (κ1) is 14.5. The number of carbonyl (C=O) groups is 1. The number of nitrogens with two attached hydrogens (primary N) is 1. The molecule has 0 saturated carbocycles. The Labute approximate surface area is 122 Å². The van der Waals surface area contributed by atoms with Crippen molar-refractivity contribution in [2.45, 2.75) is 25.3 Å². The van der Waals surface area contributed by atoms with Crippen LogP contribution in [0.2, 0.25) is 5.02 Å². The second-order valence-electron chi connectivity index (χ2n) is 4.64. The van der Waals surface area contributed by atoms with E-state index in [0.29, 0.717) is 23.7 Å². The van der Waals surface area contributed by atoms with Crippen molar-refractivity contribution in [2.24, 2.45) is 10.9 Å². The van der Waals surface area contributed by atoms with Crippen molar-refractivity contribution in [1.29, 1.82) is 0 Å². The van der Waals surface area contributed by atoms with Crippen molar-refractivity contribution >= 4 is 29.2 Å². The summed E-state index contributed by atoms with van der Waals surface area (Å²) in [4.78, 5) is 13.9. The molecule has 1 fully saturated rings. The van der Waals surface area contributed by atoms with Gasteiger partial charge in [0.1, 0.15) is 0 Å². The Kier molecular flexibility index (Phi) is 4.68. The zero-order valence-corrected chi connectivity index (χ0v) is 11.7. The highest BCUT2D eigenvalue weighted by Crippen LogP contribution is 2.23. The predicted octanol–water partition coefficient (Wildman–Crippen LogP) is 2.47. The number of anilines is 1. The SMILES string of the molecule is NC(=NO)C1CCCCN1C(=O)Nc1ccccc1Cl. The molecule has 1 saturated heterocycles. The summed E-state index contributed by atoms with van der Waals surface area (Å²) in [6, 6.07) is 6.33. The topological polar surface area (TPSA) is 91.0 Å². The summed E-state index contributed by atoms with van der Waals surface area (Å²) in [5, 5.41) is 15.0. The minimum atomic E-state index is -0.378. The molecule has 2 rings (SSSR count). The Hall–Kier alpha value is -1.95. The molecule has 1 aromatic carbocycles. The number of amidine groups is 1. The summed E-state index contributed by atoms with van der Waals surface area (Å²) in [7, 11) is 0. The summed E-state index contributed by atoms with van der Waals surface area (Å²) in [5.74, 6) is 0.0546. The van der Waals surface area contributed by atoms with Gasteiger partial charge in [-0.05, 0) is 31.4 Å². The van der Waals surface area contributed by atoms with Crippen LogP contribution in [0, 0.1) is 0 Å². The molecule has 1 unspecified atom stereocenters. The van der Waals surface area contributed by atoms with Crippen LogP contribution in [-0.4, -0.2) is 34.6 Å². The average Bonchev–Trinajstić information content (AvgIpc) is 2.48. The highest BCUT2D eigenvalue weighted by Gasteiger charge is 2.30. The van der Waals surface area contributed by atoms with E-state index in [9.17, 15) is 4.79 Å². The molecular formula is C13H17ClN4O2. The third kappa shape index (κ3) is 3.14. The highest BCUT2D eigenvalue weighted by molar-refractivity contribution is 6.33. The quantitative estimate of drug-likeness (QED) is 0.339. The lowest BCUT2D eigenvalue weighted by Crippen LogP contribution is -2.52. The highest BCUT2D eigenvalue weighted by atomic mass is 35.5. The first-order chi connectivity index (χ1) is 9.63. The molecule has 1 aliphatic heterocycles. The van der Waals surface area contributed by atoms with Crippen LogP contribution in [0.15, 0.2) is 29.4 Å². The van der Waals surface area contributed by atoms with Crippen molar-refractivity contribution in [1.82, 2.24) is 4.90 Å². The van der Waals surface area contributed by atoms with Gasteiger partial charge in [-0.2, -0.15) is 0 Å². The zero-order valence-electron chi connectivity index (χ0n) is 10.9. The molecule has 0 bridgehead atoms. The Morgan fingerprint density at radius 2 is 2.20 bits per heavy atom. The number of amides is 2. The fraction of sp³-hybridized carbons (Fsp3) is 0.385. The second-order valence-corrected chi connectivity index (χ2v) is 5.05. The van der Waals surface area contributed by atoms with Crippen molar-refractivity contribution in [3.8, 4) is 0 Å². The fourth-order valence-corrected chi connectivity index (χ4v) is 2.48. The third-order valence-electron chi connectivity index (χ3n) is 3.34. The third-order valence-corrected chi connectivity index (χ3v) is 3.67. The molecule has 0 aromatic heterocycles. The Morgan fingerprint density at radius 1 is 1.45 bits per heavy atom. The summed E-state index contributed by atoms with van der Waals surface area (Å²) in [6.45, 7) is 0.567. The normalized spacial score (nSPS) is 19.8. The molecule has 1 aromatic rings. The number of halogens is 1. The number of oxime groups is 1. The Bertz CT molecular complexity index is 521. The largest absolute Gasteiger partial charge is 0.409 e. The molecule has 1 heterocycles. The maximum absolute atomic E-state index is 12.3. The number of para-hydroxylation sites is 1. The number of benzene rings is 1. The number of likely N-dealkylation sites (tertiary alicyclic amines) is 1. The molecular weight excluding hydrogens is 280 g/mol. The van der Waals surface area contributed by atoms with E-state index in [1.807, 2.05) is 0 Å². The number of carbonyl (C=O) groups excluding carboxylic acids is 1. The first-order valence-electron chi connectivity index (χ1n) is 6.43. The standard InChI is InChI=1S/C13H17ClN4O2/c14-9-5-1-2-6-10(9)16-13(19)18-8-4-3-7-11(18)12(15)17-20/h1-2,5-6,11,20H,3-4,7-8H2,(H2,15,17)(H,16,19). The lowest BCUT2D eigenvalue weighted by molar-refractivity contribution is 0.183. The van der Waals surface area contributed by atoms with Gasteiger partial charge in [0, 0.05) is 6.54 Å². The molecule has 0 radical (unpaired) electrons. The lowest BCUT2D eigenvalue weighted by Gasteiger charge is -2.34. The van der Waals surface area contributed by atoms with Crippen LogP contribution in [0.1, 0.15) is 19.3 Å². The van der Waals surface area contributed by atoms with Crippen LogP contribution in [0.3, 0.4) is 0 Å². The van der Waals surface area contributed by atoms with Gasteiger partial charge in [0.15, 0.2) is 5.84 Å². The van der Waals surface area contributed by atoms with E-state index in [4.69, 9.17) is 22.5 Å². The van der Waals surface area contributed by atoms with Crippen molar-refractivity contribution < 1.29 is 10.0 Å². The van der Waals surface area contributed by atoms with E-state index in [2.05, 4.69) is 10.5 Å². The summed E-state index contributed by atoms with van der Waals surface area (Å²) in [5.41, 5.74) is 6.20. The molecule has 1 aliphatic rings. The number of hydrogen-bond acceptors (Lipinski definition) is 3. The number of piperidine rings is 1. The second kappa shape index (κ2) is 6.47. The molecule has 7 heteroatoms. The summed E-state index contributed by atoms with van der Waals surface area (Å²) >= 11 is 6.01. The van der Waals surface area contributed by atoms with Crippen molar-refractivity contribution in [3.05, 3.63) is 29.3 Å². The molecule has 0 spiro atoms. The number of hydrogen-bond donors (Lipinski definition) is 3. The molecule has 1 atom stereocenters. The van der Waals surface area contributed by atoms with E-state index in [0.717, 1.165) is 12.8 Å². The van der Waals surface area contributed by atoms with Gasteiger partial charge < -0.3 is 21.2 Å². The minimum absolute atomic E-state index is 0.0546. The van der Waals surface area contributed by atoms with Crippen LogP contribution in [-0.2, 0) is 0 Å². The Balaban J connectivity index is 2.12. The van der Waals surface area contributed by atoms with E-state index in [-0.39, 0.29) is 17.9 Å². The van der Waals surface area contributed by atoms with Crippen LogP contribution in [0.25, 0.3) is 0 Å². The van der Waals surface area contributed by atoms with Gasteiger partial charge in [-0.3, -0.25) is 0 Å². The van der Waals surface area contributed by atoms with E-state index in [1.54, 1.807) is 29.2 Å². The number of urea groups is 1. The Morgan fingerprint density at radius 3 is 2.90 bits per heavy atom. The molecule has 6 nitrogen and oxygen atoms in total. The molecule has 2 amide bonds. The smallest absolute Gasteiger partial charge is 0.322 e. The summed E-state index contributed by atoms with van der Waals surface area (Å²) < 4.78 is 0. The van der Waals surface area contributed by atoms with Crippen LogP contribution >= 0.6 is 11.6 Å². The van der Waals surface area contributed by atoms with Gasteiger partial charge in [-0.15, -0.1) is 0 Å². The van der Waals surface area contributed by atoms with E-state index >= 15 is 0 Å². The van der Waals surface area contributed by atoms with Gasteiger partial charge >= 0.3 is 6.03 Å². The van der Waals surface area contributed by atoms with Gasteiger partial charge in [-0.25, -0.2) is 4.79 Å². The van der Waals surface area contributed by atoms with Gasteiger partial charge in [0.2, 0.25) is 0 Å². The van der Waals surface area contributed by atoms with Crippen LogP contribution in [0.5, 0.6) is 0 Å². The van der Waals surface area contributed by atoms with Gasteiger partial charge in [0.25, 0.3) is 0 Å². The molecule has 4 N–H and O–H groups in total. The predicted molar refractivity (Wildman–Crippen MR) is 78.2 cm³/mol. The average molecular weight is 297 g/mol. The van der Waals surface area contributed by atoms with Gasteiger partial charge in [0.05, 0.1) is 16.8 Å². The number of rotatable bonds is 2.